The van der Waals surface area contributed by atoms with Crippen molar-refractivity contribution in [2.24, 2.45) is 0 Å². The molecule has 1 aromatic rings. The Morgan fingerprint density at radius 1 is 1.50 bits per heavy atom. The summed E-state index contributed by atoms with van der Waals surface area (Å²) in [5.41, 5.74) is -0.560. The summed E-state index contributed by atoms with van der Waals surface area (Å²) < 4.78 is 4.62. The van der Waals surface area contributed by atoms with Gasteiger partial charge in [-0.25, -0.2) is 9.59 Å². The number of amides is 1. The third-order valence-corrected chi connectivity index (χ3v) is 2.09. The molecule has 3 N–H and O–H groups in total. The van der Waals surface area contributed by atoms with Crippen LogP contribution >= 0.6 is 11.6 Å². The van der Waals surface area contributed by atoms with Crippen LogP contribution in [0.3, 0.4) is 0 Å². The number of halogens is 1. The van der Waals surface area contributed by atoms with E-state index >= 15 is 0 Å². The monoisotopic (exact) mass is 271 g/mol. The van der Waals surface area contributed by atoms with Crippen molar-refractivity contribution >= 4 is 29.4 Å². The van der Waals surface area contributed by atoms with E-state index in [0.717, 1.165) is 6.07 Å². The van der Waals surface area contributed by atoms with Gasteiger partial charge in [-0.15, -0.1) is 0 Å². The molecule has 0 saturated carbocycles. The van der Waals surface area contributed by atoms with Crippen LogP contribution in [-0.4, -0.2) is 28.9 Å². The third-order valence-electron chi connectivity index (χ3n) is 1.87. The molecule has 0 atom stereocenters. The van der Waals surface area contributed by atoms with Gasteiger partial charge >= 0.3 is 12.1 Å². The number of hydrogen-bond acceptors (Lipinski definition) is 4. The number of aromatic hydroxyl groups is 1. The Kier molecular flexibility index (Phi) is 4.56. The number of benzene rings is 1. The summed E-state index contributed by atoms with van der Waals surface area (Å²) in [6.07, 6.45) is 0.504. The Bertz CT molecular complexity index is 500. The first-order valence-corrected chi connectivity index (χ1v) is 5.14. The molecule has 0 saturated heterocycles. The Morgan fingerprint density at radius 2 is 2.17 bits per heavy atom. The minimum Gasteiger partial charge on any atom is -0.505 e. The highest BCUT2D eigenvalue weighted by atomic mass is 35.5. The van der Waals surface area contributed by atoms with Gasteiger partial charge < -0.3 is 14.9 Å². The van der Waals surface area contributed by atoms with Gasteiger partial charge in [0.05, 0.1) is 5.69 Å². The highest BCUT2D eigenvalue weighted by molar-refractivity contribution is 6.31. The number of carbonyl (C=O) groups is 2. The van der Waals surface area contributed by atoms with Crippen molar-refractivity contribution in [3.63, 3.8) is 0 Å². The molecule has 6 nitrogen and oxygen atoms in total. The predicted molar refractivity (Wildman–Crippen MR) is 65.2 cm³/mol. The third kappa shape index (κ3) is 3.39. The highest BCUT2D eigenvalue weighted by Crippen LogP contribution is 2.31. The molecule has 0 unspecified atom stereocenters. The van der Waals surface area contributed by atoms with Crippen LogP contribution in [0.5, 0.6) is 5.75 Å². The summed E-state index contributed by atoms with van der Waals surface area (Å²) in [5, 5.41) is 20.7. The topological polar surface area (TPSA) is 95.9 Å². The average molecular weight is 272 g/mol. The number of rotatable bonds is 4. The standard InChI is InChI=1S/C11H10ClNO5/c1-2-3-18-11(17)13-8-5-6(12)4-7(9(8)14)10(15)16/h2,4-5,14H,1,3H2,(H,13,17)(H,15,16). The summed E-state index contributed by atoms with van der Waals surface area (Å²) >= 11 is 5.67. The summed E-state index contributed by atoms with van der Waals surface area (Å²) in [7, 11) is 0. The summed E-state index contributed by atoms with van der Waals surface area (Å²) in [6.45, 7) is 3.34. The van der Waals surface area contributed by atoms with Crippen LogP contribution < -0.4 is 5.32 Å². The number of ether oxygens (including phenoxy) is 1. The van der Waals surface area contributed by atoms with E-state index in [1.165, 1.54) is 12.1 Å². The van der Waals surface area contributed by atoms with Gasteiger partial charge in [0.2, 0.25) is 0 Å². The number of aromatic carboxylic acids is 1. The maximum Gasteiger partial charge on any atom is 0.412 e. The van der Waals surface area contributed by atoms with Gasteiger partial charge in [0, 0.05) is 5.02 Å². The molecule has 0 aliphatic rings. The molecule has 0 fully saturated rings. The van der Waals surface area contributed by atoms with Crippen LogP contribution in [0.2, 0.25) is 5.02 Å². The van der Waals surface area contributed by atoms with Gasteiger partial charge in [-0.2, -0.15) is 0 Å². The molecular weight excluding hydrogens is 262 g/mol. The first-order valence-electron chi connectivity index (χ1n) is 4.76. The Balaban J connectivity index is 2.98. The molecule has 18 heavy (non-hydrogen) atoms. The summed E-state index contributed by atoms with van der Waals surface area (Å²) in [6, 6.07) is 2.28. The minimum absolute atomic E-state index is 0.0149. The first kappa shape index (κ1) is 13.9. The van der Waals surface area contributed by atoms with Crippen LogP contribution in [-0.2, 0) is 4.74 Å². The number of carboxylic acid groups (broad SMARTS) is 1. The fraction of sp³-hybridized carbons (Fsp3) is 0.0909. The number of carbonyl (C=O) groups excluding carboxylic acids is 1. The molecule has 0 aliphatic carbocycles. The fourth-order valence-corrected chi connectivity index (χ4v) is 1.36. The quantitative estimate of drug-likeness (QED) is 0.577. The van der Waals surface area contributed by atoms with E-state index in [-0.39, 0.29) is 17.3 Å². The number of phenols is 1. The Morgan fingerprint density at radius 3 is 2.72 bits per heavy atom. The molecular formula is C11H10ClNO5. The van der Waals surface area contributed by atoms with Crippen molar-refractivity contribution in [2.45, 2.75) is 0 Å². The molecule has 0 bridgehead atoms. The van der Waals surface area contributed by atoms with Gasteiger partial charge in [-0.3, -0.25) is 5.32 Å². The van der Waals surface area contributed by atoms with Gasteiger partial charge in [0.25, 0.3) is 0 Å². The lowest BCUT2D eigenvalue weighted by molar-refractivity contribution is 0.0693. The zero-order valence-electron chi connectivity index (χ0n) is 9.14. The second-order valence-electron chi connectivity index (χ2n) is 3.17. The van der Waals surface area contributed by atoms with Gasteiger partial charge in [0.15, 0.2) is 5.75 Å². The molecule has 1 rings (SSSR count). The van der Waals surface area contributed by atoms with E-state index in [9.17, 15) is 14.7 Å². The van der Waals surface area contributed by atoms with Crippen LogP contribution in [0.15, 0.2) is 24.8 Å². The summed E-state index contributed by atoms with van der Waals surface area (Å²) in [5.74, 6) is -1.96. The predicted octanol–water partition coefficient (Wildman–Crippen LogP) is 2.48. The van der Waals surface area contributed by atoms with E-state index in [4.69, 9.17) is 16.7 Å². The smallest absolute Gasteiger partial charge is 0.412 e. The zero-order chi connectivity index (χ0) is 13.7. The number of anilines is 1. The largest absolute Gasteiger partial charge is 0.505 e. The van der Waals surface area contributed by atoms with Crippen molar-refractivity contribution in [1.29, 1.82) is 0 Å². The van der Waals surface area contributed by atoms with Crippen LogP contribution in [0.25, 0.3) is 0 Å². The zero-order valence-corrected chi connectivity index (χ0v) is 9.90. The maximum absolute atomic E-state index is 11.2. The summed E-state index contributed by atoms with van der Waals surface area (Å²) in [4.78, 5) is 22.0. The van der Waals surface area contributed by atoms with Crippen LogP contribution in [0, 0.1) is 0 Å². The SMILES string of the molecule is C=CCOC(=O)Nc1cc(Cl)cc(C(=O)O)c1O. The van der Waals surface area contributed by atoms with Gasteiger partial charge in [-0.1, -0.05) is 24.3 Å². The average Bonchev–Trinajstić information content (AvgIpc) is 2.30. The lowest BCUT2D eigenvalue weighted by Crippen LogP contribution is -2.14. The van der Waals surface area contributed by atoms with Crippen molar-refractivity contribution in [2.75, 3.05) is 11.9 Å². The Labute approximate surface area is 107 Å². The molecule has 7 heteroatoms. The molecule has 0 heterocycles. The molecule has 1 aromatic carbocycles. The lowest BCUT2D eigenvalue weighted by Gasteiger charge is -2.09. The van der Waals surface area contributed by atoms with Gasteiger partial charge in [-0.05, 0) is 12.1 Å². The number of hydrogen-bond donors (Lipinski definition) is 3. The van der Waals surface area contributed by atoms with Crippen LogP contribution in [0.1, 0.15) is 10.4 Å². The Hall–Kier alpha value is -2.21. The van der Waals surface area contributed by atoms with Crippen molar-refractivity contribution in [3.8, 4) is 5.75 Å². The molecule has 0 aromatic heterocycles. The molecule has 0 spiro atoms. The number of carboxylic acids is 1. The van der Waals surface area contributed by atoms with Crippen molar-refractivity contribution in [1.82, 2.24) is 0 Å². The fourth-order valence-electron chi connectivity index (χ4n) is 1.14. The lowest BCUT2D eigenvalue weighted by atomic mass is 10.1. The molecule has 0 aliphatic heterocycles. The van der Waals surface area contributed by atoms with Crippen LogP contribution in [0.4, 0.5) is 10.5 Å². The first-order chi connectivity index (χ1) is 8.45. The van der Waals surface area contributed by atoms with Crippen molar-refractivity contribution in [3.05, 3.63) is 35.4 Å². The molecule has 0 radical (unpaired) electrons. The second-order valence-corrected chi connectivity index (χ2v) is 3.60. The normalized spacial score (nSPS) is 9.61. The highest BCUT2D eigenvalue weighted by Gasteiger charge is 2.17. The van der Waals surface area contributed by atoms with Gasteiger partial charge in [0.1, 0.15) is 12.2 Å². The molecule has 1 amide bonds. The van der Waals surface area contributed by atoms with E-state index in [2.05, 4.69) is 16.6 Å². The maximum atomic E-state index is 11.2. The van der Waals surface area contributed by atoms with Crippen molar-refractivity contribution < 1.29 is 24.5 Å². The second kappa shape index (κ2) is 5.92. The minimum atomic E-state index is -1.36. The number of nitrogens with one attached hydrogen (secondary N) is 1. The van der Waals surface area contributed by atoms with E-state index in [1.807, 2.05) is 0 Å². The van der Waals surface area contributed by atoms with E-state index < -0.39 is 23.4 Å². The molecule has 96 valence electrons. The van der Waals surface area contributed by atoms with E-state index in [1.54, 1.807) is 0 Å². The van der Waals surface area contributed by atoms with E-state index in [0.29, 0.717) is 0 Å².